The number of benzene rings is 1. The van der Waals surface area contributed by atoms with Gasteiger partial charge in [-0.2, -0.15) is 0 Å². The van der Waals surface area contributed by atoms with Crippen molar-refractivity contribution in [1.29, 1.82) is 0 Å². The molecule has 0 saturated carbocycles. The van der Waals surface area contributed by atoms with Gasteiger partial charge in [0.2, 0.25) is 0 Å². The van der Waals surface area contributed by atoms with Crippen molar-refractivity contribution in [2.24, 2.45) is 0 Å². The molecule has 0 bridgehead atoms. The first kappa shape index (κ1) is 14.6. The van der Waals surface area contributed by atoms with Crippen molar-refractivity contribution in [3.05, 3.63) is 65.9 Å². The van der Waals surface area contributed by atoms with Gasteiger partial charge in [-0.25, -0.2) is 9.97 Å². The highest BCUT2D eigenvalue weighted by Crippen LogP contribution is 2.11. The minimum absolute atomic E-state index is 0.113. The molecule has 0 radical (unpaired) electrons. The molecule has 7 heteroatoms. The van der Waals surface area contributed by atoms with Gasteiger partial charge in [-0.3, -0.25) is 25.4 Å². The molecule has 0 atom stereocenters. The predicted molar refractivity (Wildman–Crippen MR) is 83.4 cm³/mol. The van der Waals surface area contributed by atoms with Gasteiger partial charge in [-0.1, -0.05) is 24.3 Å². The monoisotopic (exact) mass is 307 g/mol. The number of nitrogens with one attached hydrogen (secondary N) is 2. The van der Waals surface area contributed by atoms with Gasteiger partial charge in [0, 0.05) is 11.6 Å². The largest absolute Gasteiger partial charge is 0.289 e. The number of carbonyl (C=O) groups excluding carboxylic acids is 2. The Balaban J connectivity index is 1.68. The lowest BCUT2D eigenvalue weighted by Crippen LogP contribution is -2.42. The van der Waals surface area contributed by atoms with Crippen molar-refractivity contribution < 1.29 is 9.59 Å². The summed E-state index contributed by atoms with van der Waals surface area (Å²) in [4.78, 5) is 36.1. The molecule has 0 aliphatic heterocycles. The molecular formula is C16H13N5O2. The van der Waals surface area contributed by atoms with Crippen LogP contribution in [0.15, 0.2) is 48.8 Å². The quantitative estimate of drug-likeness (QED) is 0.698. The zero-order chi connectivity index (χ0) is 16.2. The maximum Gasteiger partial charge on any atom is 0.289 e. The summed E-state index contributed by atoms with van der Waals surface area (Å²) in [6, 6.07) is 10.8. The van der Waals surface area contributed by atoms with Gasteiger partial charge in [0.1, 0.15) is 11.4 Å². The lowest BCUT2D eigenvalue weighted by Gasteiger charge is -2.07. The van der Waals surface area contributed by atoms with Crippen molar-refractivity contribution in [2.75, 3.05) is 0 Å². The summed E-state index contributed by atoms with van der Waals surface area (Å²) in [5.41, 5.74) is 6.32. The Morgan fingerprint density at radius 3 is 2.35 bits per heavy atom. The molecule has 2 heterocycles. The maximum atomic E-state index is 12.1. The van der Waals surface area contributed by atoms with E-state index in [9.17, 15) is 9.59 Å². The molecule has 2 aromatic heterocycles. The third-order valence-corrected chi connectivity index (χ3v) is 3.13. The Kier molecular flexibility index (Phi) is 3.92. The molecular weight excluding hydrogens is 294 g/mol. The summed E-state index contributed by atoms with van der Waals surface area (Å²) in [5.74, 6) is -1.06. The standard InChI is InChI=1S/C16H13N5O2/c1-10-8-18-14(9-17-10)16(23)21-20-15(22)13-7-6-11-4-2-3-5-12(11)19-13/h2-9H,1H3,(H,20,22)(H,21,23). The highest BCUT2D eigenvalue weighted by Gasteiger charge is 2.11. The van der Waals surface area contributed by atoms with Gasteiger partial charge >= 0.3 is 0 Å². The molecule has 2 amide bonds. The third kappa shape index (κ3) is 3.29. The van der Waals surface area contributed by atoms with E-state index in [2.05, 4.69) is 25.8 Å². The number of amides is 2. The number of aryl methyl sites for hydroxylation is 1. The lowest BCUT2D eigenvalue weighted by molar-refractivity contribution is 0.0841. The molecule has 0 aliphatic carbocycles. The van der Waals surface area contributed by atoms with Crippen LogP contribution < -0.4 is 10.9 Å². The normalized spacial score (nSPS) is 10.3. The van der Waals surface area contributed by atoms with Crippen LogP contribution in [-0.2, 0) is 0 Å². The predicted octanol–water partition coefficient (Wildman–Crippen LogP) is 1.41. The Morgan fingerprint density at radius 1 is 0.870 bits per heavy atom. The summed E-state index contributed by atoms with van der Waals surface area (Å²) >= 11 is 0. The highest BCUT2D eigenvalue weighted by atomic mass is 16.2. The fraction of sp³-hybridized carbons (Fsp3) is 0.0625. The summed E-state index contributed by atoms with van der Waals surface area (Å²) in [6.45, 7) is 1.77. The van der Waals surface area contributed by atoms with Gasteiger partial charge in [0.15, 0.2) is 0 Å². The highest BCUT2D eigenvalue weighted by molar-refractivity contribution is 5.98. The van der Waals surface area contributed by atoms with Crippen molar-refractivity contribution in [3.8, 4) is 0 Å². The fourth-order valence-corrected chi connectivity index (χ4v) is 1.94. The minimum atomic E-state index is -0.549. The number of hydrogen-bond donors (Lipinski definition) is 2. The number of nitrogens with zero attached hydrogens (tertiary/aromatic N) is 3. The molecule has 0 fully saturated rings. The second-order valence-electron chi connectivity index (χ2n) is 4.84. The molecule has 0 unspecified atom stereocenters. The molecule has 7 nitrogen and oxygen atoms in total. The van der Waals surface area contributed by atoms with E-state index in [1.54, 1.807) is 19.1 Å². The third-order valence-electron chi connectivity index (χ3n) is 3.13. The van der Waals surface area contributed by atoms with Crippen LogP contribution >= 0.6 is 0 Å². The number of carbonyl (C=O) groups is 2. The summed E-state index contributed by atoms with van der Waals surface area (Å²) in [6.07, 6.45) is 2.81. The van der Waals surface area contributed by atoms with E-state index in [4.69, 9.17) is 0 Å². The van der Waals surface area contributed by atoms with Crippen molar-refractivity contribution in [2.45, 2.75) is 6.92 Å². The number of pyridine rings is 1. The smallest absolute Gasteiger partial charge is 0.266 e. The molecule has 23 heavy (non-hydrogen) atoms. The first-order chi connectivity index (χ1) is 11.1. The SMILES string of the molecule is Cc1cnc(C(=O)NNC(=O)c2ccc3ccccc3n2)cn1. The zero-order valence-corrected chi connectivity index (χ0v) is 12.3. The molecule has 0 aliphatic rings. The van der Waals surface area contributed by atoms with Crippen molar-refractivity contribution in [3.63, 3.8) is 0 Å². The van der Waals surface area contributed by atoms with E-state index >= 15 is 0 Å². The van der Waals surface area contributed by atoms with Crippen LogP contribution in [0.4, 0.5) is 0 Å². The Labute approximate surface area is 131 Å². The number of hydrogen-bond acceptors (Lipinski definition) is 5. The summed E-state index contributed by atoms with van der Waals surface area (Å²) < 4.78 is 0. The van der Waals surface area contributed by atoms with E-state index in [-0.39, 0.29) is 11.4 Å². The number of rotatable bonds is 2. The molecule has 0 saturated heterocycles. The lowest BCUT2D eigenvalue weighted by atomic mass is 10.2. The maximum absolute atomic E-state index is 12.1. The molecule has 114 valence electrons. The van der Waals surface area contributed by atoms with Crippen molar-refractivity contribution >= 4 is 22.7 Å². The average Bonchev–Trinajstić information content (AvgIpc) is 2.59. The number of aromatic nitrogens is 3. The van der Waals surface area contributed by atoms with Crippen LogP contribution in [-0.4, -0.2) is 26.8 Å². The van der Waals surface area contributed by atoms with Crippen molar-refractivity contribution in [1.82, 2.24) is 25.8 Å². The van der Waals surface area contributed by atoms with Crippen LogP contribution in [0.2, 0.25) is 0 Å². The Morgan fingerprint density at radius 2 is 1.61 bits per heavy atom. The molecule has 3 rings (SSSR count). The topological polar surface area (TPSA) is 96.9 Å². The zero-order valence-electron chi connectivity index (χ0n) is 12.3. The number of hydrazine groups is 1. The average molecular weight is 307 g/mol. The second kappa shape index (κ2) is 6.18. The summed E-state index contributed by atoms with van der Waals surface area (Å²) in [5, 5.41) is 0.933. The first-order valence-corrected chi connectivity index (χ1v) is 6.88. The van der Waals surface area contributed by atoms with Gasteiger partial charge in [-0.05, 0) is 19.1 Å². The van der Waals surface area contributed by atoms with Crippen LogP contribution in [0, 0.1) is 6.92 Å². The molecule has 3 aromatic rings. The van der Waals surface area contributed by atoms with E-state index in [0.717, 1.165) is 5.39 Å². The van der Waals surface area contributed by atoms with Gasteiger partial charge < -0.3 is 0 Å². The Hall–Kier alpha value is -3.35. The fourth-order valence-electron chi connectivity index (χ4n) is 1.94. The second-order valence-corrected chi connectivity index (χ2v) is 4.84. The van der Waals surface area contributed by atoms with Gasteiger partial charge in [0.25, 0.3) is 11.8 Å². The summed E-state index contributed by atoms with van der Waals surface area (Å²) in [7, 11) is 0. The van der Waals surface area contributed by atoms with Crippen LogP contribution in [0.5, 0.6) is 0 Å². The van der Waals surface area contributed by atoms with E-state index in [1.165, 1.54) is 12.4 Å². The van der Waals surface area contributed by atoms with Crippen LogP contribution in [0.1, 0.15) is 26.7 Å². The first-order valence-electron chi connectivity index (χ1n) is 6.88. The van der Waals surface area contributed by atoms with Gasteiger partial charge in [-0.15, -0.1) is 0 Å². The number of para-hydroxylation sites is 1. The van der Waals surface area contributed by atoms with Crippen LogP contribution in [0.25, 0.3) is 10.9 Å². The molecule has 0 spiro atoms. The Bertz CT molecular complexity index is 877. The minimum Gasteiger partial charge on any atom is -0.266 e. The van der Waals surface area contributed by atoms with E-state index < -0.39 is 11.8 Å². The van der Waals surface area contributed by atoms with E-state index in [1.807, 2.05) is 24.3 Å². The van der Waals surface area contributed by atoms with Gasteiger partial charge in [0.05, 0.1) is 17.4 Å². The molecule has 1 aromatic carbocycles. The molecule has 2 N–H and O–H groups in total. The van der Waals surface area contributed by atoms with E-state index in [0.29, 0.717) is 11.2 Å². The number of fused-ring (bicyclic) bond motifs is 1. The van der Waals surface area contributed by atoms with Crippen LogP contribution in [0.3, 0.4) is 0 Å².